The molecule has 0 saturated heterocycles. The Balaban J connectivity index is 1.96. The number of nitrogens with one attached hydrogen (secondary N) is 1. The summed E-state index contributed by atoms with van der Waals surface area (Å²) in [6.45, 7) is 7.87. The van der Waals surface area contributed by atoms with E-state index < -0.39 is 32.3 Å². The number of halogens is 2. The molecular weight excluding hydrogens is 569 g/mol. The minimum Gasteiger partial charge on any atom is -0.468 e. The summed E-state index contributed by atoms with van der Waals surface area (Å²) in [5.41, 5.74) is 1.64. The number of para-hydroxylation sites is 1. The molecule has 210 valence electrons. The average molecular weight is 601 g/mol. The van der Waals surface area contributed by atoms with Crippen LogP contribution in [0.2, 0.25) is 29.7 Å². The van der Waals surface area contributed by atoms with Crippen LogP contribution in [-0.2, 0) is 18.7 Å². The molecule has 2 unspecified atom stereocenters. The standard InChI is InChI=1S/C30H31Cl2NO6Si/c1-6-37-30(35)27-26(25-22(32)16-19(31)17-23(25)33-27)28(39-40(3,4)5)24(29(34)36-2)18-11-10-14-21(15-18)38-20-12-8-7-9-13-20/h7-17,24,28,33H,6H2,1-5H3. The molecule has 0 bridgehead atoms. The first-order valence-electron chi connectivity index (χ1n) is 12.8. The van der Waals surface area contributed by atoms with Crippen molar-refractivity contribution in [2.45, 2.75) is 38.6 Å². The van der Waals surface area contributed by atoms with Crippen LogP contribution in [0.4, 0.5) is 0 Å². The zero-order valence-corrected chi connectivity index (χ0v) is 25.4. The number of aromatic amines is 1. The summed E-state index contributed by atoms with van der Waals surface area (Å²) in [6, 6.07) is 19.7. The highest BCUT2D eigenvalue weighted by Crippen LogP contribution is 2.45. The van der Waals surface area contributed by atoms with E-state index in [0.29, 0.717) is 43.6 Å². The largest absolute Gasteiger partial charge is 0.468 e. The Kier molecular flexibility index (Phi) is 9.25. The molecule has 7 nitrogen and oxygen atoms in total. The van der Waals surface area contributed by atoms with Gasteiger partial charge in [0.25, 0.3) is 0 Å². The summed E-state index contributed by atoms with van der Waals surface area (Å²) < 4.78 is 23.5. The molecule has 1 heterocycles. The van der Waals surface area contributed by atoms with Gasteiger partial charge in [-0.1, -0.05) is 53.5 Å². The predicted octanol–water partition coefficient (Wildman–Crippen LogP) is 8.29. The van der Waals surface area contributed by atoms with Crippen LogP contribution >= 0.6 is 23.2 Å². The quantitative estimate of drug-likeness (QED) is 0.146. The molecule has 10 heteroatoms. The third-order valence-corrected chi connectivity index (χ3v) is 7.53. The van der Waals surface area contributed by atoms with Gasteiger partial charge in [-0.25, -0.2) is 4.79 Å². The SMILES string of the molecule is CCOC(=O)c1[nH]c2cc(Cl)cc(Cl)c2c1C(O[Si](C)(C)C)C(C(=O)OC)c1cccc(Oc2ccccc2)c1. The summed E-state index contributed by atoms with van der Waals surface area (Å²) >= 11 is 13.0. The topological polar surface area (TPSA) is 86.9 Å². The Morgan fingerprint density at radius 3 is 2.30 bits per heavy atom. The fourth-order valence-corrected chi connectivity index (χ4v) is 6.16. The maximum atomic E-state index is 13.6. The Labute approximate surface area is 244 Å². The van der Waals surface area contributed by atoms with E-state index in [1.165, 1.54) is 7.11 Å². The summed E-state index contributed by atoms with van der Waals surface area (Å²) in [7, 11) is -1.05. The molecule has 0 saturated carbocycles. The molecule has 1 aromatic heterocycles. The van der Waals surface area contributed by atoms with E-state index in [1.54, 1.807) is 43.3 Å². The number of hydrogen-bond acceptors (Lipinski definition) is 6. The molecule has 0 amide bonds. The number of hydrogen-bond donors (Lipinski definition) is 1. The van der Waals surface area contributed by atoms with E-state index in [9.17, 15) is 9.59 Å². The molecule has 0 aliphatic carbocycles. The monoisotopic (exact) mass is 599 g/mol. The number of ether oxygens (including phenoxy) is 3. The highest BCUT2D eigenvalue weighted by Gasteiger charge is 2.41. The van der Waals surface area contributed by atoms with Crippen LogP contribution in [0.25, 0.3) is 10.9 Å². The number of H-pyrrole nitrogens is 1. The van der Waals surface area contributed by atoms with Crippen molar-refractivity contribution in [2.75, 3.05) is 13.7 Å². The molecule has 4 rings (SSSR count). The smallest absolute Gasteiger partial charge is 0.355 e. The Morgan fingerprint density at radius 1 is 0.950 bits per heavy atom. The molecule has 3 aromatic carbocycles. The normalized spacial score (nSPS) is 13.1. The highest BCUT2D eigenvalue weighted by molar-refractivity contribution is 6.69. The second-order valence-corrected chi connectivity index (χ2v) is 15.4. The van der Waals surface area contributed by atoms with Crippen molar-refractivity contribution >= 4 is 54.4 Å². The number of carbonyl (C=O) groups excluding carboxylic acids is 2. The first-order valence-corrected chi connectivity index (χ1v) is 16.9. The molecule has 4 aromatic rings. The number of benzene rings is 3. The maximum Gasteiger partial charge on any atom is 0.355 e. The van der Waals surface area contributed by atoms with Crippen molar-refractivity contribution in [1.82, 2.24) is 4.98 Å². The van der Waals surface area contributed by atoms with Gasteiger partial charge < -0.3 is 23.6 Å². The van der Waals surface area contributed by atoms with E-state index >= 15 is 0 Å². The zero-order chi connectivity index (χ0) is 29.0. The van der Waals surface area contributed by atoms with Crippen molar-refractivity contribution in [3.05, 3.63) is 93.6 Å². The van der Waals surface area contributed by atoms with Crippen molar-refractivity contribution in [1.29, 1.82) is 0 Å². The molecule has 0 radical (unpaired) electrons. The van der Waals surface area contributed by atoms with Crippen molar-refractivity contribution in [3.8, 4) is 11.5 Å². The van der Waals surface area contributed by atoms with Gasteiger partial charge in [0, 0.05) is 21.5 Å². The number of fused-ring (bicyclic) bond motifs is 1. The molecule has 0 fully saturated rings. The Morgan fingerprint density at radius 2 is 1.65 bits per heavy atom. The van der Waals surface area contributed by atoms with E-state index in [-0.39, 0.29) is 12.3 Å². The maximum absolute atomic E-state index is 13.6. The van der Waals surface area contributed by atoms with Crippen LogP contribution in [0.15, 0.2) is 66.7 Å². The van der Waals surface area contributed by atoms with Gasteiger partial charge in [-0.2, -0.15) is 0 Å². The second-order valence-electron chi connectivity index (χ2n) is 10.1. The molecule has 2 atom stereocenters. The van der Waals surface area contributed by atoms with Crippen LogP contribution < -0.4 is 4.74 Å². The van der Waals surface area contributed by atoms with Gasteiger partial charge in [0.1, 0.15) is 23.1 Å². The van der Waals surface area contributed by atoms with Gasteiger partial charge >= 0.3 is 11.9 Å². The fourth-order valence-electron chi connectivity index (χ4n) is 4.55. The molecule has 0 aliphatic rings. The summed E-state index contributed by atoms with van der Waals surface area (Å²) in [5.74, 6) is -0.952. The third-order valence-electron chi connectivity index (χ3n) is 6.05. The lowest BCUT2D eigenvalue weighted by Crippen LogP contribution is -2.34. The van der Waals surface area contributed by atoms with E-state index in [2.05, 4.69) is 4.98 Å². The van der Waals surface area contributed by atoms with Crippen molar-refractivity contribution in [2.24, 2.45) is 0 Å². The minimum atomic E-state index is -2.37. The molecule has 40 heavy (non-hydrogen) atoms. The summed E-state index contributed by atoms with van der Waals surface area (Å²) in [6.07, 6.45) is -0.960. The van der Waals surface area contributed by atoms with Gasteiger partial charge in [0.05, 0.1) is 24.8 Å². The lowest BCUT2D eigenvalue weighted by molar-refractivity contribution is -0.145. The van der Waals surface area contributed by atoms with Crippen molar-refractivity contribution < 1.29 is 28.2 Å². The van der Waals surface area contributed by atoms with Crippen LogP contribution in [0.5, 0.6) is 11.5 Å². The van der Waals surface area contributed by atoms with Gasteiger partial charge in [-0.3, -0.25) is 4.79 Å². The van der Waals surface area contributed by atoms with Crippen molar-refractivity contribution in [3.63, 3.8) is 0 Å². The van der Waals surface area contributed by atoms with Crippen LogP contribution in [0, 0.1) is 0 Å². The Hall–Kier alpha value is -3.30. The molecule has 1 N–H and O–H groups in total. The lowest BCUT2D eigenvalue weighted by atomic mass is 9.87. The number of aromatic nitrogens is 1. The minimum absolute atomic E-state index is 0.134. The van der Waals surface area contributed by atoms with E-state index in [1.807, 2.05) is 50.0 Å². The van der Waals surface area contributed by atoms with Gasteiger partial charge in [-0.15, -0.1) is 0 Å². The van der Waals surface area contributed by atoms with E-state index in [4.69, 9.17) is 41.8 Å². The van der Waals surface area contributed by atoms with Gasteiger partial charge in [-0.05, 0) is 68.5 Å². The van der Waals surface area contributed by atoms with Crippen LogP contribution in [0.3, 0.4) is 0 Å². The first kappa shape index (κ1) is 29.7. The summed E-state index contributed by atoms with van der Waals surface area (Å²) in [5, 5.41) is 1.21. The van der Waals surface area contributed by atoms with Crippen LogP contribution in [-0.4, -0.2) is 39.0 Å². The Bertz CT molecular complexity index is 1520. The molecule has 0 spiro atoms. The van der Waals surface area contributed by atoms with Gasteiger partial charge in [0.15, 0.2) is 8.32 Å². The number of rotatable bonds is 10. The number of methoxy groups -OCH3 is 1. The number of esters is 2. The predicted molar refractivity (Wildman–Crippen MR) is 159 cm³/mol. The average Bonchev–Trinajstić information content (AvgIpc) is 3.28. The molecular formula is C30H31Cl2NO6Si. The zero-order valence-electron chi connectivity index (χ0n) is 22.9. The highest BCUT2D eigenvalue weighted by atomic mass is 35.5. The van der Waals surface area contributed by atoms with Gasteiger partial charge in [0.2, 0.25) is 0 Å². The third kappa shape index (κ3) is 6.70. The van der Waals surface area contributed by atoms with E-state index in [0.717, 1.165) is 0 Å². The summed E-state index contributed by atoms with van der Waals surface area (Å²) in [4.78, 5) is 29.9. The van der Waals surface area contributed by atoms with Crippen LogP contribution in [0.1, 0.15) is 40.6 Å². The lowest BCUT2D eigenvalue weighted by Gasteiger charge is -2.32. The molecule has 0 aliphatic heterocycles. The fraction of sp³-hybridized carbons (Fsp3) is 0.267. The first-order chi connectivity index (χ1) is 19.0. The number of carbonyl (C=O) groups is 2. The second kappa shape index (κ2) is 12.5.